The number of hydrogen-bond acceptors (Lipinski definition) is 3. The van der Waals surface area contributed by atoms with E-state index in [0.29, 0.717) is 5.57 Å². The van der Waals surface area contributed by atoms with E-state index in [1.54, 1.807) is 6.92 Å². The summed E-state index contributed by atoms with van der Waals surface area (Å²) in [6, 6.07) is 18.8. The van der Waals surface area contributed by atoms with Crippen molar-refractivity contribution < 1.29 is 4.79 Å². The Bertz CT molecular complexity index is 1130. The standard InChI is InChI=1S/C23H24N4O/c1-15(20(14-24)23(28)25-2)21-10-11-22(27(21)5)18-7-6-17-13-19(26(3)4)9-8-16(17)12-18/h6-13H,1-5H3,(H,25,28)/b20-15+. The van der Waals surface area contributed by atoms with E-state index in [4.69, 9.17) is 0 Å². The number of anilines is 1. The van der Waals surface area contributed by atoms with Crippen LogP contribution in [0.4, 0.5) is 5.69 Å². The Labute approximate surface area is 165 Å². The van der Waals surface area contributed by atoms with Gasteiger partial charge in [0, 0.05) is 45.3 Å². The van der Waals surface area contributed by atoms with Crippen molar-refractivity contribution in [2.75, 3.05) is 26.0 Å². The molecule has 0 aliphatic carbocycles. The molecule has 0 saturated carbocycles. The molecule has 1 heterocycles. The van der Waals surface area contributed by atoms with Crippen LogP contribution >= 0.6 is 0 Å². The van der Waals surface area contributed by atoms with Crippen LogP contribution in [0.25, 0.3) is 27.6 Å². The predicted octanol–water partition coefficient (Wildman–Crippen LogP) is 3.95. The number of nitrogens with one attached hydrogen (secondary N) is 1. The second kappa shape index (κ2) is 7.61. The first-order chi connectivity index (χ1) is 13.4. The SMILES string of the molecule is CNC(=O)/C(C#N)=C(\C)c1ccc(-c2ccc3cc(N(C)C)ccc3c2)n1C. The predicted molar refractivity (Wildman–Crippen MR) is 115 cm³/mol. The van der Waals surface area contributed by atoms with Gasteiger partial charge in [0.25, 0.3) is 5.91 Å². The lowest BCUT2D eigenvalue weighted by molar-refractivity contribution is -0.116. The molecule has 3 rings (SSSR count). The fraction of sp³-hybridized carbons (Fsp3) is 0.217. The van der Waals surface area contributed by atoms with Gasteiger partial charge < -0.3 is 14.8 Å². The third-order valence-corrected chi connectivity index (χ3v) is 5.08. The van der Waals surface area contributed by atoms with E-state index in [0.717, 1.165) is 17.0 Å². The average Bonchev–Trinajstić information content (AvgIpc) is 3.08. The number of amides is 1. The summed E-state index contributed by atoms with van der Waals surface area (Å²) in [7, 11) is 7.54. The molecule has 0 saturated heterocycles. The summed E-state index contributed by atoms with van der Waals surface area (Å²) in [5, 5.41) is 14.3. The molecule has 1 aromatic heterocycles. The van der Waals surface area contributed by atoms with Crippen LogP contribution in [0, 0.1) is 11.3 Å². The van der Waals surface area contributed by atoms with Crippen molar-refractivity contribution in [1.82, 2.24) is 9.88 Å². The minimum atomic E-state index is -0.370. The van der Waals surface area contributed by atoms with E-state index in [1.165, 1.54) is 23.5 Å². The van der Waals surface area contributed by atoms with Crippen LogP contribution in [0.15, 0.2) is 54.1 Å². The van der Waals surface area contributed by atoms with Gasteiger partial charge in [0.1, 0.15) is 11.6 Å². The zero-order valence-electron chi connectivity index (χ0n) is 16.9. The number of nitriles is 1. The minimum Gasteiger partial charge on any atom is -0.378 e. The number of aromatic nitrogens is 1. The molecule has 0 spiro atoms. The Balaban J connectivity index is 2.07. The summed E-state index contributed by atoms with van der Waals surface area (Å²) < 4.78 is 2.02. The van der Waals surface area contributed by atoms with Crippen LogP contribution in [-0.4, -0.2) is 31.6 Å². The van der Waals surface area contributed by atoms with Crippen LogP contribution in [0.5, 0.6) is 0 Å². The van der Waals surface area contributed by atoms with Crippen molar-refractivity contribution >= 4 is 27.9 Å². The van der Waals surface area contributed by atoms with Gasteiger partial charge >= 0.3 is 0 Å². The number of carbonyl (C=O) groups excluding carboxylic acids is 1. The molecule has 28 heavy (non-hydrogen) atoms. The maximum absolute atomic E-state index is 12.0. The van der Waals surface area contributed by atoms with Crippen molar-refractivity contribution in [2.24, 2.45) is 7.05 Å². The molecular formula is C23H24N4O. The Morgan fingerprint density at radius 2 is 1.75 bits per heavy atom. The smallest absolute Gasteiger partial charge is 0.262 e. The largest absolute Gasteiger partial charge is 0.378 e. The number of likely N-dealkylation sites (N-methyl/N-ethyl adjacent to an activating group) is 1. The van der Waals surface area contributed by atoms with Crippen molar-refractivity contribution in [1.29, 1.82) is 5.26 Å². The highest BCUT2D eigenvalue weighted by Crippen LogP contribution is 2.30. The Hall–Kier alpha value is -3.52. The molecule has 0 unspecified atom stereocenters. The highest BCUT2D eigenvalue weighted by atomic mass is 16.1. The first-order valence-electron chi connectivity index (χ1n) is 9.08. The molecule has 0 atom stereocenters. The lowest BCUT2D eigenvalue weighted by Crippen LogP contribution is -2.20. The summed E-state index contributed by atoms with van der Waals surface area (Å²) >= 11 is 0. The molecule has 0 bridgehead atoms. The van der Waals surface area contributed by atoms with Gasteiger partial charge in [-0.15, -0.1) is 0 Å². The summed E-state index contributed by atoms with van der Waals surface area (Å²) in [5.41, 5.74) is 4.92. The van der Waals surface area contributed by atoms with Crippen LogP contribution < -0.4 is 10.2 Å². The van der Waals surface area contributed by atoms with E-state index >= 15 is 0 Å². The monoisotopic (exact) mass is 372 g/mol. The number of fused-ring (bicyclic) bond motifs is 1. The van der Waals surface area contributed by atoms with Crippen molar-refractivity contribution in [2.45, 2.75) is 6.92 Å². The van der Waals surface area contributed by atoms with Gasteiger partial charge in [-0.05, 0) is 59.2 Å². The van der Waals surface area contributed by atoms with Crippen molar-refractivity contribution in [3.8, 4) is 17.3 Å². The number of allylic oxidation sites excluding steroid dienone is 1. The quantitative estimate of drug-likeness (QED) is 0.557. The molecule has 3 aromatic rings. The van der Waals surface area contributed by atoms with Gasteiger partial charge in [-0.2, -0.15) is 5.26 Å². The molecule has 0 aliphatic rings. The summed E-state index contributed by atoms with van der Waals surface area (Å²) in [6.45, 7) is 1.80. The zero-order chi connectivity index (χ0) is 20.4. The van der Waals surface area contributed by atoms with E-state index < -0.39 is 0 Å². The maximum Gasteiger partial charge on any atom is 0.262 e. The van der Waals surface area contributed by atoms with Crippen molar-refractivity contribution in [3.05, 3.63) is 59.8 Å². The Morgan fingerprint density at radius 1 is 1.07 bits per heavy atom. The first-order valence-corrected chi connectivity index (χ1v) is 9.08. The number of hydrogen-bond donors (Lipinski definition) is 1. The van der Waals surface area contributed by atoms with Crippen LogP contribution in [-0.2, 0) is 11.8 Å². The molecule has 2 aromatic carbocycles. The Morgan fingerprint density at radius 3 is 2.39 bits per heavy atom. The topological polar surface area (TPSA) is 61.1 Å². The lowest BCUT2D eigenvalue weighted by Gasteiger charge is -2.14. The molecule has 0 fully saturated rings. The number of rotatable bonds is 4. The molecule has 0 aliphatic heterocycles. The Kier molecular flexibility index (Phi) is 5.23. The molecule has 5 heteroatoms. The highest BCUT2D eigenvalue weighted by Gasteiger charge is 2.16. The number of benzene rings is 2. The number of carbonyl (C=O) groups is 1. The van der Waals surface area contributed by atoms with Crippen LogP contribution in [0.2, 0.25) is 0 Å². The van der Waals surface area contributed by atoms with E-state index in [-0.39, 0.29) is 11.5 Å². The average molecular weight is 372 g/mol. The number of nitrogens with zero attached hydrogens (tertiary/aromatic N) is 3. The fourth-order valence-electron chi connectivity index (χ4n) is 3.41. The van der Waals surface area contributed by atoms with Gasteiger partial charge in [0.15, 0.2) is 0 Å². The second-order valence-electron chi connectivity index (χ2n) is 6.99. The van der Waals surface area contributed by atoms with Crippen molar-refractivity contribution in [3.63, 3.8) is 0 Å². The molecule has 5 nitrogen and oxygen atoms in total. The van der Waals surface area contributed by atoms with E-state index in [2.05, 4.69) is 46.6 Å². The van der Waals surface area contributed by atoms with Gasteiger partial charge in [-0.1, -0.05) is 18.2 Å². The maximum atomic E-state index is 12.0. The zero-order valence-corrected chi connectivity index (χ0v) is 16.9. The third kappa shape index (κ3) is 3.37. The minimum absolute atomic E-state index is 0.130. The van der Waals surface area contributed by atoms with Crippen LogP contribution in [0.1, 0.15) is 12.6 Å². The third-order valence-electron chi connectivity index (χ3n) is 5.08. The molecular weight excluding hydrogens is 348 g/mol. The summed E-state index contributed by atoms with van der Waals surface area (Å²) in [6.07, 6.45) is 0. The molecule has 142 valence electrons. The van der Waals surface area contributed by atoms with Gasteiger partial charge in [-0.25, -0.2) is 0 Å². The van der Waals surface area contributed by atoms with Gasteiger partial charge in [0.05, 0.1) is 0 Å². The van der Waals surface area contributed by atoms with Gasteiger partial charge in [0.2, 0.25) is 0 Å². The van der Waals surface area contributed by atoms with E-state index in [9.17, 15) is 10.1 Å². The summed E-state index contributed by atoms with van der Waals surface area (Å²) in [5.74, 6) is -0.370. The van der Waals surface area contributed by atoms with E-state index in [1.807, 2.05) is 43.9 Å². The van der Waals surface area contributed by atoms with Crippen LogP contribution in [0.3, 0.4) is 0 Å². The lowest BCUT2D eigenvalue weighted by atomic mass is 10.0. The normalized spacial score (nSPS) is 11.7. The first kappa shape index (κ1) is 19.2. The fourth-order valence-corrected chi connectivity index (χ4v) is 3.41. The molecule has 0 radical (unpaired) electrons. The second-order valence-corrected chi connectivity index (χ2v) is 6.99. The van der Waals surface area contributed by atoms with Gasteiger partial charge in [-0.3, -0.25) is 4.79 Å². The summed E-state index contributed by atoms with van der Waals surface area (Å²) in [4.78, 5) is 14.1. The molecule has 1 N–H and O–H groups in total. The molecule has 1 amide bonds. The highest BCUT2D eigenvalue weighted by molar-refractivity contribution is 6.04.